The van der Waals surface area contributed by atoms with Gasteiger partial charge in [0, 0.05) is 10.5 Å². The van der Waals surface area contributed by atoms with Crippen molar-refractivity contribution in [3.8, 4) is 5.75 Å². The van der Waals surface area contributed by atoms with Gasteiger partial charge in [0.25, 0.3) is 0 Å². The van der Waals surface area contributed by atoms with Crippen molar-refractivity contribution in [1.82, 2.24) is 0 Å². The SMILES string of the molecule is C=C(O)C(C)(C)Oc1c(C)cc(/C=C/C(=O)c2ccc(SC)cc2)cc1C. The Labute approximate surface area is 165 Å². The molecule has 0 aliphatic rings. The Balaban J connectivity index is 2.20. The third kappa shape index (κ3) is 5.27. The summed E-state index contributed by atoms with van der Waals surface area (Å²) in [4.78, 5) is 13.5. The van der Waals surface area contributed by atoms with Gasteiger partial charge < -0.3 is 9.84 Å². The number of ether oxygens (including phenoxy) is 1. The number of thioether (sulfide) groups is 1. The number of hydrogen-bond donors (Lipinski definition) is 1. The maximum absolute atomic E-state index is 12.4. The zero-order valence-electron chi connectivity index (χ0n) is 16.5. The van der Waals surface area contributed by atoms with E-state index in [4.69, 9.17) is 4.74 Å². The van der Waals surface area contributed by atoms with E-state index in [1.807, 2.05) is 62.6 Å². The summed E-state index contributed by atoms with van der Waals surface area (Å²) in [7, 11) is 0. The van der Waals surface area contributed by atoms with Crippen molar-refractivity contribution in [2.75, 3.05) is 6.26 Å². The highest BCUT2D eigenvalue weighted by Crippen LogP contribution is 2.30. The summed E-state index contributed by atoms with van der Waals surface area (Å²) in [5.41, 5.74) is 2.58. The predicted octanol–water partition coefficient (Wildman–Crippen LogP) is 6.15. The first-order valence-corrected chi connectivity index (χ1v) is 9.91. The Morgan fingerprint density at radius 2 is 1.70 bits per heavy atom. The molecule has 0 atom stereocenters. The zero-order valence-corrected chi connectivity index (χ0v) is 17.3. The molecule has 0 fully saturated rings. The lowest BCUT2D eigenvalue weighted by Gasteiger charge is -2.27. The molecule has 0 saturated carbocycles. The van der Waals surface area contributed by atoms with Crippen molar-refractivity contribution in [3.63, 3.8) is 0 Å². The van der Waals surface area contributed by atoms with Gasteiger partial charge in [0.05, 0.1) is 0 Å². The van der Waals surface area contributed by atoms with Crippen molar-refractivity contribution in [2.45, 2.75) is 38.2 Å². The molecule has 0 aromatic heterocycles. The monoisotopic (exact) mass is 382 g/mol. The number of carbonyl (C=O) groups excluding carboxylic acids is 1. The maximum atomic E-state index is 12.4. The molecule has 142 valence electrons. The summed E-state index contributed by atoms with van der Waals surface area (Å²) >= 11 is 1.65. The first-order valence-electron chi connectivity index (χ1n) is 8.69. The van der Waals surface area contributed by atoms with E-state index < -0.39 is 5.60 Å². The summed E-state index contributed by atoms with van der Waals surface area (Å²) in [5.74, 6) is 0.658. The molecule has 0 spiro atoms. The minimum Gasteiger partial charge on any atom is -0.509 e. The minimum absolute atomic E-state index is 0.0247. The van der Waals surface area contributed by atoms with Gasteiger partial charge >= 0.3 is 0 Å². The Kier molecular flexibility index (Phi) is 6.55. The number of carbonyl (C=O) groups is 1. The highest BCUT2D eigenvalue weighted by atomic mass is 32.2. The quantitative estimate of drug-likeness (QED) is 0.270. The molecule has 0 radical (unpaired) electrons. The van der Waals surface area contributed by atoms with Crippen LogP contribution in [-0.4, -0.2) is 22.7 Å². The molecular weight excluding hydrogens is 356 g/mol. The second-order valence-electron chi connectivity index (χ2n) is 6.97. The molecule has 0 aliphatic carbocycles. The average Bonchev–Trinajstić information content (AvgIpc) is 2.62. The normalized spacial score (nSPS) is 11.6. The van der Waals surface area contributed by atoms with E-state index in [0.717, 1.165) is 21.6 Å². The Bertz CT molecular complexity index is 854. The molecule has 2 aromatic carbocycles. The fourth-order valence-electron chi connectivity index (χ4n) is 2.58. The molecule has 0 unspecified atom stereocenters. The van der Waals surface area contributed by atoms with Crippen LogP contribution in [0.25, 0.3) is 6.08 Å². The predicted molar refractivity (Wildman–Crippen MR) is 114 cm³/mol. The van der Waals surface area contributed by atoms with Gasteiger partial charge in [-0.25, -0.2) is 0 Å². The van der Waals surface area contributed by atoms with Gasteiger partial charge in [-0.1, -0.05) is 12.7 Å². The lowest BCUT2D eigenvalue weighted by atomic mass is 10.0. The van der Waals surface area contributed by atoms with E-state index in [0.29, 0.717) is 11.3 Å². The third-order valence-electron chi connectivity index (χ3n) is 4.34. The van der Waals surface area contributed by atoms with Crippen molar-refractivity contribution >= 4 is 23.6 Å². The Hall–Kier alpha value is -2.46. The summed E-state index contributed by atoms with van der Waals surface area (Å²) in [5, 5.41) is 9.69. The molecule has 2 rings (SSSR count). The van der Waals surface area contributed by atoms with Crippen molar-refractivity contribution in [3.05, 3.63) is 77.1 Å². The molecule has 0 bridgehead atoms. The lowest BCUT2D eigenvalue weighted by molar-refractivity contribution is 0.0958. The van der Waals surface area contributed by atoms with E-state index in [9.17, 15) is 9.90 Å². The van der Waals surface area contributed by atoms with Gasteiger partial charge in [-0.3, -0.25) is 4.79 Å². The lowest BCUT2D eigenvalue weighted by Crippen LogP contribution is -2.30. The first-order chi connectivity index (χ1) is 12.6. The van der Waals surface area contributed by atoms with Crippen LogP contribution in [0.3, 0.4) is 0 Å². The van der Waals surface area contributed by atoms with Crippen molar-refractivity contribution < 1.29 is 14.6 Å². The molecule has 0 saturated heterocycles. The Morgan fingerprint density at radius 3 is 2.19 bits per heavy atom. The largest absolute Gasteiger partial charge is 0.509 e. The van der Waals surface area contributed by atoms with Crippen LogP contribution in [-0.2, 0) is 0 Å². The summed E-state index contributed by atoms with van der Waals surface area (Å²) in [6.45, 7) is 11.0. The van der Waals surface area contributed by atoms with E-state index in [1.54, 1.807) is 31.7 Å². The minimum atomic E-state index is -0.869. The van der Waals surface area contributed by atoms with Crippen LogP contribution in [0.4, 0.5) is 0 Å². The van der Waals surface area contributed by atoms with Gasteiger partial charge in [-0.15, -0.1) is 11.8 Å². The van der Waals surface area contributed by atoms with Gasteiger partial charge in [0.1, 0.15) is 11.5 Å². The second-order valence-corrected chi connectivity index (χ2v) is 7.85. The number of aryl methyl sites for hydroxylation is 2. The van der Waals surface area contributed by atoms with Crippen LogP contribution in [0.5, 0.6) is 5.75 Å². The van der Waals surface area contributed by atoms with Crippen molar-refractivity contribution in [2.24, 2.45) is 0 Å². The first kappa shape index (κ1) is 20.8. The molecule has 0 amide bonds. The molecule has 2 aromatic rings. The standard InChI is InChI=1S/C23H26O3S/c1-15-13-18(14-16(2)22(15)26-23(4,5)17(3)24)7-12-21(25)19-8-10-20(27-6)11-9-19/h7-14,24H,3H2,1-2,4-6H3/b12-7+. The van der Waals surface area contributed by atoms with Gasteiger partial charge in [-0.05, 0) is 93.1 Å². The molecular formula is C23H26O3S. The van der Waals surface area contributed by atoms with Gasteiger partial charge in [0.2, 0.25) is 0 Å². The maximum Gasteiger partial charge on any atom is 0.185 e. The van der Waals surface area contributed by atoms with Crippen LogP contribution in [0.15, 0.2) is 59.7 Å². The van der Waals surface area contributed by atoms with Crippen LogP contribution >= 0.6 is 11.8 Å². The molecule has 27 heavy (non-hydrogen) atoms. The van der Waals surface area contributed by atoms with E-state index >= 15 is 0 Å². The van der Waals surface area contributed by atoms with E-state index in [1.165, 1.54) is 0 Å². The van der Waals surface area contributed by atoms with Crippen LogP contribution in [0.1, 0.15) is 40.9 Å². The van der Waals surface area contributed by atoms with Crippen LogP contribution in [0, 0.1) is 13.8 Å². The molecule has 4 heteroatoms. The molecule has 3 nitrogen and oxygen atoms in total. The summed E-state index contributed by atoms with van der Waals surface area (Å²) < 4.78 is 5.95. The number of aliphatic hydroxyl groups excluding tert-OH is 1. The van der Waals surface area contributed by atoms with E-state index in [2.05, 4.69) is 6.58 Å². The number of rotatable bonds is 7. The fourth-order valence-corrected chi connectivity index (χ4v) is 2.99. The van der Waals surface area contributed by atoms with Gasteiger partial charge in [-0.2, -0.15) is 0 Å². The molecule has 0 heterocycles. The number of aliphatic hydroxyl groups is 1. The van der Waals surface area contributed by atoms with Crippen LogP contribution in [0.2, 0.25) is 0 Å². The zero-order chi connectivity index (χ0) is 20.2. The van der Waals surface area contributed by atoms with Crippen molar-refractivity contribution in [1.29, 1.82) is 0 Å². The summed E-state index contributed by atoms with van der Waals surface area (Å²) in [6, 6.07) is 11.5. The fraction of sp³-hybridized carbons (Fsp3) is 0.261. The number of allylic oxidation sites excluding steroid dienone is 1. The van der Waals surface area contributed by atoms with Gasteiger partial charge in [0.15, 0.2) is 11.4 Å². The topological polar surface area (TPSA) is 46.5 Å². The second kappa shape index (κ2) is 8.49. The number of ketones is 1. The highest BCUT2D eigenvalue weighted by molar-refractivity contribution is 7.98. The molecule has 0 aliphatic heterocycles. The smallest absolute Gasteiger partial charge is 0.185 e. The van der Waals surface area contributed by atoms with E-state index in [-0.39, 0.29) is 11.5 Å². The average molecular weight is 383 g/mol. The molecule has 1 N–H and O–H groups in total. The Morgan fingerprint density at radius 1 is 1.15 bits per heavy atom. The summed E-state index contributed by atoms with van der Waals surface area (Å²) in [6.07, 6.45) is 5.40. The number of hydrogen-bond acceptors (Lipinski definition) is 4. The third-order valence-corrected chi connectivity index (χ3v) is 5.08. The van der Waals surface area contributed by atoms with Crippen LogP contribution < -0.4 is 4.74 Å². The number of benzene rings is 2. The highest BCUT2D eigenvalue weighted by Gasteiger charge is 2.25.